The lowest BCUT2D eigenvalue weighted by molar-refractivity contribution is -0.122. The average molecular weight is 329 g/mol. The van der Waals surface area contributed by atoms with E-state index in [0.717, 1.165) is 25.3 Å². The molecule has 7 nitrogen and oxygen atoms in total. The van der Waals surface area contributed by atoms with E-state index in [1.165, 1.54) is 5.56 Å². The molecule has 1 fully saturated rings. The number of carbonyl (C=O) groups excluding carboxylic acids is 1. The number of ether oxygens (including phenoxy) is 1. The Hall–Kier alpha value is -2.25. The van der Waals surface area contributed by atoms with Crippen LogP contribution in [-0.4, -0.2) is 46.5 Å². The van der Waals surface area contributed by atoms with Crippen molar-refractivity contribution in [1.82, 2.24) is 25.4 Å². The van der Waals surface area contributed by atoms with E-state index < -0.39 is 0 Å². The van der Waals surface area contributed by atoms with Gasteiger partial charge in [0, 0.05) is 25.6 Å². The van der Waals surface area contributed by atoms with Crippen LogP contribution in [0, 0.1) is 0 Å². The van der Waals surface area contributed by atoms with Crippen LogP contribution in [0.1, 0.15) is 17.8 Å². The van der Waals surface area contributed by atoms with Crippen molar-refractivity contribution in [3.05, 3.63) is 48.0 Å². The first-order valence-corrected chi connectivity index (χ1v) is 8.29. The molecule has 1 aromatic heterocycles. The number of carbonyl (C=O) groups is 1. The van der Waals surface area contributed by atoms with Crippen LogP contribution in [0.25, 0.3) is 0 Å². The molecule has 0 bridgehead atoms. The fourth-order valence-electron chi connectivity index (χ4n) is 2.72. The predicted molar refractivity (Wildman–Crippen MR) is 89.2 cm³/mol. The van der Waals surface area contributed by atoms with Crippen molar-refractivity contribution < 1.29 is 9.53 Å². The number of rotatable bonds is 7. The first kappa shape index (κ1) is 16.6. The zero-order valence-corrected chi connectivity index (χ0v) is 13.6. The van der Waals surface area contributed by atoms with Gasteiger partial charge in [-0.05, 0) is 12.0 Å². The van der Waals surface area contributed by atoms with Crippen molar-refractivity contribution in [1.29, 1.82) is 0 Å². The van der Waals surface area contributed by atoms with Crippen LogP contribution in [0.2, 0.25) is 0 Å². The number of benzene rings is 1. The summed E-state index contributed by atoms with van der Waals surface area (Å²) in [5, 5.41) is 14.2. The number of hydrogen-bond donors (Lipinski definition) is 2. The molecular formula is C17H23N5O2. The second-order valence-corrected chi connectivity index (χ2v) is 5.88. The summed E-state index contributed by atoms with van der Waals surface area (Å²) >= 11 is 0. The van der Waals surface area contributed by atoms with Gasteiger partial charge in [-0.1, -0.05) is 30.3 Å². The van der Waals surface area contributed by atoms with Crippen LogP contribution < -0.4 is 10.6 Å². The summed E-state index contributed by atoms with van der Waals surface area (Å²) in [7, 11) is 0. The van der Waals surface area contributed by atoms with Crippen molar-refractivity contribution in [3.63, 3.8) is 0 Å². The van der Waals surface area contributed by atoms with Crippen LogP contribution in [0.5, 0.6) is 0 Å². The highest BCUT2D eigenvalue weighted by Gasteiger charge is 2.17. The molecule has 1 aliphatic rings. The Balaban J connectivity index is 1.45. The fraction of sp³-hybridized carbons (Fsp3) is 0.471. The van der Waals surface area contributed by atoms with E-state index in [0.29, 0.717) is 26.2 Å². The molecule has 0 radical (unpaired) electrons. The Morgan fingerprint density at radius 3 is 3.04 bits per heavy atom. The van der Waals surface area contributed by atoms with Crippen LogP contribution in [0.3, 0.4) is 0 Å². The lowest BCUT2D eigenvalue weighted by Crippen LogP contribution is -2.44. The van der Waals surface area contributed by atoms with Gasteiger partial charge in [0.05, 0.1) is 19.8 Å². The number of aromatic nitrogens is 3. The standard InChI is InChI=1S/C17H23N5O2/c23-17(10-15-12-24-9-7-18-15)19-11-16-21-20-13-22(16)8-6-14-4-2-1-3-5-14/h1-5,13,15,18H,6-12H2,(H,19,23). The normalized spacial score (nSPS) is 17.6. The molecule has 1 aliphatic heterocycles. The van der Waals surface area contributed by atoms with Crippen molar-refractivity contribution in [2.24, 2.45) is 0 Å². The molecular weight excluding hydrogens is 306 g/mol. The Morgan fingerprint density at radius 2 is 2.25 bits per heavy atom. The van der Waals surface area contributed by atoms with E-state index in [1.54, 1.807) is 6.33 Å². The van der Waals surface area contributed by atoms with Gasteiger partial charge in [0.15, 0.2) is 5.82 Å². The van der Waals surface area contributed by atoms with Gasteiger partial charge in [0.1, 0.15) is 6.33 Å². The van der Waals surface area contributed by atoms with E-state index in [2.05, 4.69) is 33.0 Å². The highest BCUT2D eigenvalue weighted by atomic mass is 16.5. The minimum absolute atomic E-state index is 0.00407. The first-order valence-electron chi connectivity index (χ1n) is 8.29. The highest BCUT2D eigenvalue weighted by molar-refractivity contribution is 5.76. The third kappa shape index (κ3) is 4.87. The average Bonchev–Trinajstić information content (AvgIpc) is 3.07. The maximum Gasteiger partial charge on any atom is 0.222 e. The molecule has 24 heavy (non-hydrogen) atoms. The molecule has 2 heterocycles. The van der Waals surface area contributed by atoms with Crippen molar-refractivity contribution >= 4 is 5.91 Å². The van der Waals surface area contributed by atoms with Crippen LogP contribution in [0.4, 0.5) is 0 Å². The summed E-state index contributed by atoms with van der Waals surface area (Å²) in [5.74, 6) is 0.766. The summed E-state index contributed by atoms with van der Waals surface area (Å²) < 4.78 is 7.34. The third-order valence-corrected chi connectivity index (χ3v) is 4.05. The molecule has 3 rings (SSSR count). The summed E-state index contributed by atoms with van der Waals surface area (Å²) in [6, 6.07) is 10.4. The van der Waals surface area contributed by atoms with Gasteiger partial charge >= 0.3 is 0 Å². The van der Waals surface area contributed by atoms with Crippen LogP contribution >= 0.6 is 0 Å². The molecule has 2 aromatic rings. The lowest BCUT2D eigenvalue weighted by Gasteiger charge is -2.23. The monoisotopic (exact) mass is 329 g/mol. The quantitative estimate of drug-likeness (QED) is 0.774. The van der Waals surface area contributed by atoms with Crippen molar-refractivity contribution in [3.8, 4) is 0 Å². The molecule has 0 spiro atoms. The molecule has 128 valence electrons. The van der Waals surface area contributed by atoms with Crippen molar-refractivity contribution in [2.75, 3.05) is 19.8 Å². The molecule has 2 N–H and O–H groups in total. The first-order chi connectivity index (χ1) is 11.8. The molecule has 1 aromatic carbocycles. The highest BCUT2D eigenvalue weighted by Crippen LogP contribution is 2.04. The van der Waals surface area contributed by atoms with E-state index in [-0.39, 0.29) is 11.9 Å². The van der Waals surface area contributed by atoms with Crippen LogP contribution in [-0.2, 0) is 29.0 Å². The van der Waals surface area contributed by atoms with Gasteiger partial charge in [-0.15, -0.1) is 10.2 Å². The Kier molecular flexibility index (Phi) is 5.92. The molecule has 0 saturated carbocycles. The Morgan fingerprint density at radius 1 is 1.38 bits per heavy atom. The maximum absolute atomic E-state index is 12.0. The minimum atomic E-state index is -0.00407. The number of amides is 1. The molecule has 1 amide bonds. The largest absolute Gasteiger partial charge is 0.378 e. The molecule has 1 atom stereocenters. The Bertz CT molecular complexity index is 637. The van der Waals surface area contributed by atoms with Gasteiger partial charge in [-0.3, -0.25) is 4.79 Å². The summed E-state index contributed by atoms with van der Waals surface area (Å²) in [6.07, 6.45) is 3.03. The van der Waals surface area contributed by atoms with Gasteiger partial charge < -0.3 is 19.9 Å². The molecule has 1 unspecified atom stereocenters. The second kappa shape index (κ2) is 8.56. The van der Waals surface area contributed by atoms with Gasteiger partial charge in [0.25, 0.3) is 0 Å². The number of morpholine rings is 1. The fourth-order valence-corrected chi connectivity index (χ4v) is 2.72. The number of hydrogen-bond acceptors (Lipinski definition) is 5. The van der Waals surface area contributed by atoms with E-state index in [4.69, 9.17) is 4.74 Å². The van der Waals surface area contributed by atoms with Crippen LogP contribution in [0.15, 0.2) is 36.7 Å². The number of nitrogens with one attached hydrogen (secondary N) is 2. The molecule has 0 aliphatic carbocycles. The summed E-state index contributed by atoms with van der Waals surface area (Å²) in [5.41, 5.74) is 1.27. The van der Waals surface area contributed by atoms with E-state index >= 15 is 0 Å². The maximum atomic E-state index is 12.0. The summed E-state index contributed by atoms with van der Waals surface area (Å²) in [4.78, 5) is 12.0. The minimum Gasteiger partial charge on any atom is -0.378 e. The lowest BCUT2D eigenvalue weighted by atomic mass is 10.1. The topological polar surface area (TPSA) is 81.1 Å². The van der Waals surface area contributed by atoms with Crippen molar-refractivity contribution in [2.45, 2.75) is 32.0 Å². The van der Waals surface area contributed by atoms with E-state index in [1.807, 2.05) is 22.8 Å². The summed E-state index contributed by atoms with van der Waals surface area (Å²) in [6.45, 7) is 3.27. The number of aryl methyl sites for hydroxylation is 2. The zero-order valence-electron chi connectivity index (χ0n) is 13.6. The molecule has 7 heteroatoms. The predicted octanol–water partition coefficient (Wildman–Crippen LogP) is 0.516. The van der Waals surface area contributed by atoms with E-state index in [9.17, 15) is 4.79 Å². The van der Waals surface area contributed by atoms with Gasteiger partial charge in [-0.2, -0.15) is 0 Å². The smallest absolute Gasteiger partial charge is 0.222 e. The zero-order chi connectivity index (χ0) is 16.6. The second-order valence-electron chi connectivity index (χ2n) is 5.88. The molecule has 1 saturated heterocycles. The Labute approximate surface area is 141 Å². The van der Waals surface area contributed by atoms with Gasteiger partial charge in [-0.25, -0.2) is 0 Å². The third-order valence-electron chi connectivity index (χ3n) is 4.05. The SMILES string of the molecule is O=C(CC1COCCN1)NCc1nncn1CCc1ccccc1. The number of nitrogens with zero attached hydrogens (tertiary/aromatic N) is 3. The van der Waals surface area contributed by atoms with Gasteiger partial charge in [0.2, 0.25) is 5.91 Å².